The first kappa shape index (κ1) is 11.2. The molecule has 3 N–H and O–H groups in total. The smallest absolute Gasteiger partial charge is 0.316 e. The van der Waals surface area contributed by atoms with Crippen LogP contribution in [0, 0.1) is 0 Å². The zero-order valence-electron chi connectivity index (χ0n) is 8.93. The first-order chi connectivity index (χ1) is 7.10. The normalized spacial score (nSPS) is 11.9. The van der Waals surface area contributed by atoms with Crippen molar-refractivity contribution in [2.45, 2.75) is 19.8 Å². The Bertz CT molecular complexity index is 376. The summed E-state index contributed by atoms with van der Waals surface area (Å²) in [6.45, 7) is 3.91. The third-order valence-electron chi connectivity index (χ3n) is 1.91. The van der Waals surface area contributed by atoms with Crippen molar-refractivity contribution in [1.29, 1.82) is 0 Å². The van der Waals surface area contributed by atoms with E-state index in [1.807, 2.05) is 13.8 Å². The van der Waals surface area contributed by atoms with Crippen LogP contribution in [0.2, 0.25) is 0 Å². The average Bonchev–Trinajstić information content (AvgIpc) is 2.27. The van der Waals surface area contributed by atoms with Crippen LogP contribution in [-0.2, 0) is 0 Å². The van der Waals surface area contributed by atoms with Crippen LogP contribution in [0.15, 0.2) is 11.4 Å². The fourth-order valence-corrected chi connectivity index (χ4v) is 1.17. The molecule has 0 bridgehead atoms. The Labute approximate surface area is 87.8 Å². The maximum absolute atomic E-state index is 8.60. The predicted molar refractivity (Wildman–Crippen MR) is 55.2 cm³/mol. The molecular weight excluding hydrogens is 196 g/mol. The van der Waals surface area contributed by atoms with E-state index in [0.717, 1.165) is 0 Å². The number of hydrogen-bond acceptors (Lipinski definition) is 5. The fraction of sp³-hybridized carbons (Fsp3) is 0.444. The van der Waals surface area contributed by atoms with E-state index in [9.17, 15) is 0 Å². The van der Waals surface area contributed by atoms with Crippen molar-refractivity contribution in [3.63, 3.8) is 0 Å². The Morgan fingerprint density at radius 2 is 2.27 bits per heavy atom. The lowest BCUT2D eigenvalue weighted by Gasteiger charge is -2.10. The summed E-state index contributed by atoms with van der Waals surface area (Å²) in [6, 6.07) is 0.271. The lowest BCUT2D eigenvalue weighted by atomic mass is 10.0. The molecule has 6 nitrogen and oxygen atoms in total. The van der Waals surface area contributed by atoms with Crippen molar-refractivity contribution in [3.8, 4) is 6.01 Å². The van der Waals surface area contributed by atoms with Crippen LogP contribution >= 0.6 is 0 Å². The van der Waals surface area contributed by atoms with Crippen molar-refractivity contribution in [1.82, 2.24) is 9.97 Å². The van der Waals surface area contributed by atoms with Gasteiger partial charge in [0.05, 0.1) is 18.4 Å². The Morgan fingerprint density at radius 1 is 1.60 bits per heavy atom. The van der Waals surface area contributed by atoms with Crippen LogP contribution in [0.1, 0.15) is 31.0 Å². The van der Waals surface area contributed by atoms with Gasteiger partial charge >= 0.3 is 6.01 Å². The van der Waals surface area contributed by atoms with E-state index < -0.39 is 0 Å². The number of aromatic nitrogens is 2. The maximum Gasteiger partial charge on any atom is 0.316 e. The van der Waals surface area contributed by atoms with E-state index in [4.69, 9.17) is 15.7 Å². The van der Waals surface area contributed by atoms with Crippen LogP contribution < -0.4 is 10.5 Å². The highest BCUT2D eigenvalue weighted by atomic mass is 16.5. The summed E-state index contributed by atoms with van der Waals surface area (Å²) in [4.78, 5) is 8.06. The number of rotatable bonds is 3. The van der Waals surface area contributed by atoms with E-state index >= 15 is 0 Å². The third-order valence-corrected chi connectivity index (χ3v) is 1.91. The van der Waals surface area contributed by atoms with Gasteiger partial charge in [0.25, 0.3) is 0 Å². The summed E-state index contributed by atoms with van der Waals surface area (Å²) >= 11 is 0. The first-order valence-electron chi connectivity index (χ1n) is 4.49. The number of amidine groups is 1. The first-order valence-corrected chi connectivity index (χ1v) is 4.49. The van der Waals surface area contributed by atoms with E-state index in [2.05, 4.69) is 15.1 Å². The van der Waals surface area contributed by atoms with Crippen molar-refractivity contribution < 1.29 is 9.94 Å². The summed E-state index contributed by atoms with van der Waals surface area (Å²) in [5.41, 5.74) is 6.72. The highest BCUT2D eigenvalue weighted by molar-refractivity contribution is 5.97. The zero-order chi connectivity index (χ0) is 11.4. The molecule has 0 aliphatic heterocycles. The van der Waals surface area contributed by atoms with Crippen LogP contribution in [0.5, 0.6) is 6.01 Å². The summed E-state index contributed by atoms with van der Waals surface area (Å²) in [5, 5.41) is 11.5. The molecule has 0 aliphatic carbocycles. The minimum absolute atomic E-state index is 0.00125. The number of hydrogen-bond donors (Lipinski definition) is 2. The molecule has 0 atom stereocenters. The molecule has 6 heteroatoms. The van der Waals surface area contributed by atoms with E-state index in [1.165, 1.54) is 13.3 Å². The Balaban J connectivity index is 3.27. The van der Waals surface area contributed by atoms with Gasteiger partial charge in [-0.15, -0.1) is 0 Å². The molecule has 1 aromatic rings. The number of nitrogens with two attached hydrogens (primary N) is 1. The van der Waals surface area contributed by atoms with E-state index in [-0.39, 0.29) is 17.8 Å². The number of methoxy groups -OCH3 is 1. The van der Waals surface area contributed by atoms with Crippen LogP contribution in [0.3, 0.4) is 0 Å². The Hall–Kier alpha value is -1.85. The molecule has 0 unspecified atom stereocenters. The molecule has 0 radical (unpaired) electrons. The lowest BCUT2D eigenvalue weighted by molar-refractivity contribution is 0.318. The molecule has 0 aromatic carbocycles. The quantitative estimate of drug-likeness (QED) is 0.331. The summed E-state index contributed by atoms with van der Waals surface area (Å²) in [6.07, 6.45) is 1.48. The van der Waals surface area contributed by atoms with Gasteiger partial charge in [0.1, 0.15) is 0 Å². The van der Waals surface area contributed by atoms with Gasteiger partial charge in [-0.1, -0.05) is 19.0 Å². The average molecular weight is 210 g/mol. The van der Waals surface area contributed by atoms with E-state index in [1.54, 1.807) is 0 Å². The molecule has 82 valence electrons. The second-order valence-electron chi connectivity index (χ2n) is 3.30. The highest BCUT2D eigenvalue weighted by Crippen LogP contribution is 2.18. The molecule has 1 heterocycles. The molecule has 0 saturated carbocycles. The van der Waals surface area contributed by atoms with Gasteiger partial charge in [0, 0.05) is 6.20 Å². The van der Waals surface area contributed by atoms with Gasteiger partial charge in [0.15, 0.2) is 5.84 Å². The molecular formula is C9H14N4O2. The minimum atomic E-state index is 0.00125. The Kier molecular flexibility index (Phi) is 3.43. The van der Waals surface area contributed by atoms with Gasteiger partial charge in [0.2, 0.25) is 0 Å². The molecule has 15 heavy (non-hydrogen) atoms. The van der Waals surface area contributed by atoms with Gasteiger partial charge in [-0.2, -0.15) is 4.98 Å². The summed E-state index contributed by atoms with van der Waals surface area (Å²) in [7, 11) is 1.49. The largest absolute Gasteiger partial charge is 0.467 e. The molecule has 1 aromatic heterocycles. The SMILES string of the molecule is COc1ncc(/C(N)=N\O)c(C(C)C)n1. The van der Waals surface area contributed by atoms with Gasteiger partial charge in [-0.25, -0.2) is 4.98 Å². The standard InChI is InChI=1S/C9H14N4O2/c1-5(2)7-6(8(10)13-14)4-11-9(12-7)15-3/h4-5,14H,1-3H3,(H2,10,13). The Morgan fingerprint density at radius 3 is 2.73 bits per heavy atom. The third kappa shape index (κ3) is 2.34. The summed E-state index contributed by atoms with van der Waals surface area (Å²) < 4.78 is 4.91. The molecule has 0 spiro atoms. The van der Waals surface area contributed by atoms with Crippen molar-refractivity contribution in [2.75, 3.05) is 7.11 Å². The number of ether oxygens (including phenoxy) is 1. The second kappa shape index (κ2) is 4.59. The monoisotopic (exact) mass is 210 g/mol. The zero-order valence-corrected chi connectivity index (χ0v) is 8.93. The van der Waals surface area contributed by atoms with Gasteiger partial charge in [-0.3, -0.25) is 0 Å². The van der Waals surface area contributed by atoms with Crippen LogP contribution in [0.25, 0.3) is 0 Å². The predicted octanol–water partition coefficient (Wildman–Crippen LogP) is 0.703. The minimum Gasteiger partial charge on any atom is -0.467 e. The van der Waals surface area contributed by atoms with Crippen molar-refractivity contribution >= 4 is 5.84 Å². The van der Waals surface area contributed by atoms with Gasteiger partial charge < -0.3 is 15.7 Å². The van der Waals surface area contributed by atoms with Crippen molar-refractivity contribution in [2.24, 2.45) is 10.9 Å². The molecule has 0 aliphatic rings. The summed E-state index contributed by atoms with van der Waals surface area (Å²) in [5.74, 6) is 0.138. The number of nitrogens with zero attached hydrogens (tertiary/aromatic N) is 3. The molecule has 1 rings (SSSR count). The van der Waals surface area contributed by atoms with Gasteiger partial charge in [-0.05, 0) is 5.92 Å². The molecule has 0 amide bonds. The lowest BCUT2D eigenvalue weighted by Crippen LogP contribution is -2.18. The second-order valence-corrected chi connectivity index (χ2v) is 3.30. The molecule has 0 saturated heterocycles. The van der Waals surface area contributed by atoms with Crippen LogP contribution in [0.4, 0.5) is 0 Å². The fourth-order valence-electron chi connectivity index (χ4n) is 1.17. The van der Waals surface area contributed by atoms with Crippen LogP contribution in [-0.4, -0.2) is 28.1 Å². The highest BCUT2D eigenvalue weighted by Gasteiger charge is 2.14. The van der Waals surface area contributed by atoms with Crippen molar-refractivity contribution in [3.05, 3.63) is 17.5 Å². The molecule has 0 fully saturated rings. The number of oxime groups is 1. The maximum atomic E-state index is 8.60. The topological polar surface area (TPSA) is 93.6 Å². The van der Waals surface area contributed by atoms with E-state index in [0.29, 0.717) is 11.3 Å².